The molecule has 0 radical (unpaired) electrons. The van der Waals surface area contributed by atoms with Gasteiger partial charge >= 0.3 is 6.18 Å². The molecule has 1 aliphatic carbocycles. The molecule has 2 N–H and O–H groups in total. The fourth-order valence-corrected chi connectivity index (χ4v) is 3.01. The predicted molar refractivity (Wildman–Crippen MR) is 79.2 cm³/mol. The zero-order valence-electron chi connectivity index (χ0n) is 12.1. The van der Waals surface area contributed by atoms with E-state index in [0.717, 1.165) is 25.0 Å². The van der Waals surface area contributed by atoms with Crippen molar-refractivity contribution in [2.45, 2.75) is 44.3 Å². The Hall–Kier alpha value is -1.98. The van der Waals surface area contributed by atoms with Crippen LogP contribution in [0.2, 0.25) is 0 Å². The molecule has 1 fully saturated rings. The highest BCUT2D eigenvalue weighted by atomic mass is 19.4. The molecule has 0 saturated heterocycles. The standard InChI is InChI=1S/C16H18F3N3/c17-16(18,19)13-6-11(7-14(20)8-13)12-9-21-22(10-12)15-4-2-1-3-5-15/h6-10,15H,1-5,20H2. The normalized spacial score (nSPS) is 16.9. The van der Waals surface area contributed by atoms with Gasteiger partial charge in [-0.25, -0.2) is 0 Å². The lowest BCUT2D eigenvalue weighted by Gasteiger charge is -2.21. The number of benzene rings is 1. The monoisotopic (exact) mass is 309 g/mol. The average molecular weight is 309 g/mol. The van der Waals surface area contributed by atoms with Gasteiger partial charge < -0.3 is 5.73 Å². The Kier molecular flexibility index (Phi) is 3.85. The van der Waals surface area contributed by atoms with Crippen LogP contribution in [0.25, 0.3) is 11.1 Å². The summed E-state index contributed by atoms with van der Waals surface area (Å²) in [5.74, 6) is 0. The topological polar surface area (TPSA) is 43.8 Å². The molecule has 22 heavy (non-hydrogen) atoms. The summed E-state index contributed by atoms with van der Waals surface area (Å²) >= 11 is 0. The molecule has 118 valence electrons. The van der Waals surface area contributed by atoms with Gasteiger partial charge in [0.25, 0.3) is 0 Å². The van der Waals surface area contributed by atoms with Crippen molar-refractivity contribution in [3.63, 3.8) is 0 Å². The summed E-state index contributed by atoms with van der Waals surface area (Å²) in [5.41, 5.74) is 6.12. The van der Waals surface area contributed by atoms with Crippen molar-refractivity contribution >= 4 is 5.69 Å². The highest BCUT2D eigenvalue weighted by Gasteiger charge is 2.31. The lowest BCUT2D eigenvalue weighted by molar-refractivity contribution is -0.137. The van der Waals surface area contributed by atoms with Gasteiger partial charge in [-0.05, 0) is 36.6 Å². The zero-order valence-corrected chi connectivity index (χ0v) is 12.1. The quantitative estimate of drug-likeness (QED) is 0.820. The van der Waals surface area contributed by atoms with Gasteiger partial charge in [-0.2, -0.15) is 18.3 Å². The number of nitrogen functional groups attached to an aromatic ring is 1. The van der Waals surface area contributed by atoms with E-state index in [1.165, 1.54) is 19.3 Å². The molecule has 0 amide bonds. The van der Waals surface area contributed by atoms with E-state index in [4.69, 9.17) is 5.73 Å². The van der Waals surface area contributed by atoms with Gasteiger partial charge in [-0.3, -0.25) is 4.68 Å². The molecule has 0 aliphatic heterocycles. The van der Waals surface area contributed by atoms with Crippen molar-refractivity contribution in [2.75, 3.05) is 5.73 Å². The van der Waals surface area contributed by atoms with Gasteiger partial charge in [0.05, 0.1) is 17.8 Å². The van der Waals surface area contributed by atoms with Gasteiger partial charge in [-0.1, -0.05) is 19.3 Å². The van der Waals surface area contributed by atoms with Crippen LogP contribution in [0.4, 0.5) is 18.9 Å². The molecular formula is C16H18F3N3. The number of rotatable bonds is 2. The first kappa shape index (κ1) is 14.9. The zero-order chi connectivity index (χ0) is 15.7. The Morgan fingerprint density at radius 1 is 1.05 bits per heavy atom. The van der Waals surface area contributed by atoms with E-state index in [-0.39, 0.29) is 5.69 Å². The molecule has 0 atom stereocenters. The summed E-state index contributed by atoms with van der Waals surface area (Å²) in [6.45, 7) is 0. The van der Waals surface area contributed by atoms with Crippen molar-refractivity contribution in [1.82, 2.24) is 9.78 Å². The van der Waals surface area contributed by atoms with Gasteiger partial charge in [0.1, 0.15) is 0 Å². The lowest BCUT2D eigenvalue weighted by Crippen LogP contribution is -2.12. The van der Waals surface area contributed by atoms with Crippen molar-refractivity contribution in [1.29, 1.82) is 0 Å². The second-order valence-electron chi connectivity index (χ2n) is 5.84. The van der Waals surface area contributed by atoms with Crippen LogP contribution in [0.1, 0.15) is 43.7 Å². The first-order valence-corrected chi connectivity index (χ1v) is 7.46. The number of hydrogen-bond acceptors (Lipinski definition) is 2. The van der Waals surface area contributed by atoms with Crippen LogP contribution >= 0.6 is 0 Å². The molecule has 1 aromatic carbocycles. The molecule has 0 spiro atoms. The Labute approximate surface area is 126 Å². The summed E-state index contributed by atoms with van der Waals surface area (Å²) in [6, 6.07) is 3.98. The van der Waals surface area contributed by atoms with E-state index in [1.807, 2.05) is 10.9 Å². The van der Waals surface area contributed by atoms with E-state index >= 15 is 0 Å². The van der Waals surface area contributed by atoms with E-state index in [0.29, 0.717) is 17.2 Å². The van der Waals surface area contributed by atoms with E-state index < -0.39 is 11.7 Å². The number of nitrogens with two attached hydrogens (primary N) is 1. The van der Waals surface area contributed by atoms with E-state index in [9.17, 15) is 13.2 Å². The number of alkyl halides is 3. The van der Waals surface area contributed by atoms with Crippen molar-refractivity contribution < 1.29 is 13.2 Å². The summed E-state index contributed by atoms with van der Waals surface area (Å²) in [6.07, 6.45) is 4.79. The minimum Gasteiger partial charge on any atom is -0.399 e. The van der Waals surface area contributed by atoms with E-state index in [1.54, 1.807) is 12.3 Å². The van der Waals surface area contributed by atoms with Crippen molar-refractivity contribution in [3.8, 4) is 11.1 Å². The molecule has 1 heterocycles. The molecule has 6 heteroatoms. The van der Waals surface area contributed by atoms with Gasteiger partial charge in [-0.15, -0.1) is 0 Å². The minimum absolute atomic E-state index is 0.107. The van der Waals surface area contributed by atoms with Crippen LogP contribution in [0.15, 0.2) is 30.6 Å². The van der Waals surface area contributed by atoms with Crippen LogP contribution < -0.4 is 5.73 Å². The number of nitrogens with zero attached hydrogens (tertiary/aromatic N) is 2. The number of aromatic nitrogens is 2. The van der Waals surface area contributed by atoms with Gasteiger partial charge in [0.2, 0.25) is 0 Å². The SMILES string of the molecule is Nc1cc(-c2cnn(C3CCCCC3)c2)cc(C(F)(F)F)c1. The summed E-state index contributed by atoms with van der Waals surface area (Å²) < 4.78 is 40.5. The minimum atomic E-state index is -4.40. The summed E-state index contributed by atoms with van der Waals surface area (Å²) in [4.78, 5) is 0. The second kappa shape index (κ2) is 5.66. The average Bonchev–Trinajstić information content (AvgIpc) is 2.96. The van der Waals surface area contributed by atoms with Gasteiger partial charge in [0, 0.05) is 17.4 Å². The predicted octanol–water partition coefficient (Wildman–Crippen LogP) is 4.66. The molecule has 0 bridgehead atoms. The Morgan fingerprint density at radius 2 is 1.77 bits per heavy atom. The molecule has 0 unspecified atom stereocenters. The fraction of sp³-hybridized carbons (Fsp3) is 0.438. The van der Waals surface area contributed by atoms with Crippen molar-refractivity contribution in [2.24, 2.45) is 0 Å². The Morgan fingerprint density at radius 3 is 2.45 bits per heavy atom. The maximum Gasteiger partial charge on any atom is 0.416 e. The maximum atomic E-state index is 12.9. The molecule has 1 saturated carbocycles. The Bertz CT molecular complexity index is 655. The van der Waals surface area contributed by atoms with Crippen LogP contribution in [0, 0.1) is 0 Å². The first-order chi connectivity index (χ1) is 10.4. The largest absolute Gasteiger partial charge is 0.416 e. The molecule has 3 nitrogen and oxygen atoms in total. The first-order valence-electron chi connectivity index (χ1n) is 7.46. The fourth-order valence-electron chi connectivity index (χ4n) is 3.01. The highest BCUT2D eigenvalue weighted by molar-refractivity contribution is 5.67. The molecule has 1 aromatic heterocycles. The highest BCUT2D eigenvalue weighted by Crippen LogP contribution is 2.35. The number of anilines is 1. The number of hydrogen-bond donors (Lipinski definition) is 1. The van der Waals surface area contributed by atoms with E-state index in [2.05, 4.69) is 5.10 Å². The van der Waals surface area contributed by atoms with Gasteiger partial charge in [0.15, 0.2) is 0 Å². The molecule has 3 rings (SSSR count). The van der Waals surface area contributed by atoms with Crippen molar-refractivity contribution in [3.05, 3.63) is 36.2 Å². The summed E-state index contributed by atoms with van der Waals surface area (Å²) in [5, 5.41) is 4.33. The maximum absolute atomic E-state index is 12.9. The van der Waals surface area contributed by atoms with Crippen LogP contribution in [0.5, 0.6) is 0 Å². The van der Waals surface area contributed by atoms with Crippen LogP contribution in [-0.4, -0.2) is 9.78 Å². The summed E-state index contributed by atoms with van der Waals surface area (Å²) in [7, 11) is 0. The number of halogens is 3. The molecular weight excluding hydrogens is 291 g/mol. The third-order valence-electron chi connectivity index (χ3n) is 4.17. The third-order valence-corrected chi connectivity index (χ3v) is 4.17. The van der Waals surface area contributed by atoms with Crippen LogP contribution in [0.3, 0.4) is 0 Å². The lowest BCUT2D eigenvalue weighted by atomic mass is 9.96. The second-order valence-corrected chi connectivity index (χ2v) is 5.84. The molecule has 2 aromatic rings. The third kappa shape index (κ3) is 3.10. The molecule has 1 aliphatic rings. The Balaban J connectivity index is 1.91. The van der Waals surface area contributed by atoms with Crippen LogP contribution in [-0.2, 0) is 6.18 Å². The smallest absolute Gasteiger partial charge is 0.399 e.